The molecule has 3 N–H and O–H groups in total. The van der Waals surface area contributed by atoms with Crippen LogP contribution in [0.4, 0.5) is 18.9 Å². The van der Waals surface area contributed by atoms with E-state index in [2.05, 4.69) is 15.3 Å². The van der Waals surface area contributed by atoms with Crippen LogP contribution < -0.4 is 11.1 Å². The second-order valence-electron chi connectivity index (χ2n) is 6.19. The number of aryl methyl sites for hydroxylation is 1. The van der Waals surface area contributed by atoms with Crippen molar-refractivity contribution in [3.8, 4) is 0 Å². The molecule has 1 amide bonds. The first-order valence-electron chi connectivity index (χ1n) is 8.06. The fourth-order valence-corrected chi connectivity index (χ4v) is 2.73. The lowest BCUT2D eigenvalue weighted by Gasteiger charge is -2.33. The predicted octanol–water partition coefficient (Wildman–Crippen LogP) is 2.63. The molecule has 0 spiro atoms. The first-order valence-corrected chi connectivity index (χ1v) is 8.06. The molecule has 1 aromatic carbocycles. The standard InChI is InChI=1S/C18H17F3N4O2/c1-10-2-5-14(23-7-10)16(26)24-11-3-4-13(19)12(6-11)18(17(20)21)9-27-8-15(22)25-18/h2-7,17H,8-9H2,1H3,(H2,22,25)(H,24,26). The molecule has 0 saturated heterocycles. The minimum absolute atomic E-state index is 0.106. The summed E-state index contributed by atoms with van der Waals surface area (Å²) < 4.78 is 47.0. The van der Waals surface area contributed by atoms with Crippen molar-refractivity contribution in [2.24, 2.45) is 10.7 Å². The maximum Gasteiger partial charge on any atom is 0.274 e. The second kappa shape index (κ2) is 7.36. The lowest BCUT2D eigenvalue weighted by Crippen LogP contribution is -2.45. The van der Waals surface area contributed by atoms with Crippen LogP contribution in [0.1, 0.15) is 21.6 Å². The number of aliphatic imine (C=N–C) groups is 1. The highest BCUT2D eigenvalue weighted by atomic mass is 19.3. The molecule has 0 bridgehead atoms. The van der Waals surface area contributed by atoms with Gasteiger partial charge in [0.15, 0.2) is 5.54 Å². The number of carbonyl (C=O) groups is 1. The van der Waals surface area contributed by atoms with E-state index in [0.717, 1.165) is 17.7 Å². The summed E-state index contributed by atoms with van der Waals surface area (Å²) in [5.41, 5.74) is 4.00. The Hall–Kier alpha value is -2.94. The zero-order chi connectivity index (χ0) is 19.6. The summed E-state index contributed by atoms with van der Waals surface area (Å²) in [5, 5.41) is 2.52. The van der Waals surface area contributed by atoms with Gasteiger partial charge in [0.05, 0.1) is 6.61 Å². The maximum absolute atomic E-state index is 14.4. The molecule has 27 heavy (non-hydrogen) atoms. The summed E-state index contributed by atoms with van der Waals surface area (Å²) >= 11 is 0. The number of hydrogen-bond acceptors (Lipinski definition) is 5. The number of nitrogens with one attached hydrogen (secondary N) is 1. The van der Waals surface area contributed by atoms with E-state index >= 15 is 0 Å². The van der Waals surface area contributed by atoms with E-state index < -0.39 is 35.9 Å². The smallest absolute Gasteiger partial charge is 0.274 e. The number of nitrogens with zero attached hydrogens (tertiary/aromatic N) is 2. The fraction of sp³-hybridized carbons (Fsp3) is 0.278. The molecule has 1 aliphatic rings. The molecule has 9 heteroatoms. The van der Waals surface area contributed by atoms with E-state index in [1.165, 1.54) is 18.3 Å². The summed E-state index contributed by atoms with van der Waals surface area (Å²) in [6.07, 6.45) is -1.54. The van der Waals surface area contributed by atoms with Crippen LogP contribution in [0.3, 0.4) is 0 Å². The van der Waals surface area contributed by atoms with Gasteiger partial charge in [0.25, 0.3) is 12.3 Å². The van der Waals surface area contributed by atoms with Gasteiger partial charge in [-0.15, -0.1) is 0 Å². The summed E-state index contributed by atoms with van der Waals surface area (Å²) in [6.45, 7) is 1.19. The van der Waals surface area contributed by atoms with Crippen LogP contribution in [0.15, 0.2) is 41.5 Å². The summed E-state index contributed by atoms with van der Waals surface area (Å²) in [4.78, 5) is 20.1. The van der Waals surface area contributed by atoms with Crippen LogP contribution >= 0.6 is 0 Å². The number of aromatic nitrogens is 1. The molecule has 1 aliphatic heterocycles. The average molecular weight is 378 g/mol. The predicted molar refractivity (Wildman–Crippen MR) is 93.5 cm³/mol. The van der Waals surface area contributed by atoms with Gasteiger partial charge in [-0.05, 0) is 36.8 Å². The van der Waals surface area contributed by atoms with Gasteiger partial charge in [0, 0.05) is 17.4 Å². The molecule has 1 unspecified atom stereocenters. The maximum atomic E-state index is 14.4. The summed E-state index contributed by atoms with van der Waals surface area (Å²) in [6, 6.07) is 6.59. The minimum atomic E-state index is -3.06. The number of pyridine rings is 1. The molecule has 1 aromatic heterocycles. The van der Waals surface area contributed by atoms with Crippen LogP contribution in [-0.2, 0) is 10.3 Å². The van der Waals surface area contributed by atoms with Gasteiger partial charge in [-0.25, -0.2) is 13.2 Å². The highest BCUT2D eigenvalue weighted by Gasteiger charge is 2.46. The summed E-state index contributed by atoms with van der Waals surface area (Å²) in [5.74, 6) is -1.61. The number of nitrogens with two attached hydrogens (primary N) is 1. The number of anilines is 1. The van der Waals surface area contributed by atoms with Crippen molar-refractivity contribution in [3.63, 3.8) is 0 Å². The van der Waals surface area contributed by atoms with Gasteiger partial charge in [-0.3, -0.25) is 14.8 Å². The SMILES string of the molecule is Cc1ccc(C(=O)Nc2ccc(F)c(C3(C(F)F)COCC(N)=N3)c2)nc1. The average Bonchev–Trinajstić information content (AvgIpc) is 2.63. The molecule has 3 rings (SSSR count). The molecular formula is C18H17F3N4O2. The molecule has 1 atom stereocenters. The molecule has 0 radical (unpaired) electrons. The highest BCUT2D eigenvalue weighted by molar-refractivity contribution is 6.02. The Morgan fingerprint density at radius 3 is 2.74 bits per heavy atom. The van der Waals surface area contributed by atoms with Crippen molar-refractivity contribution in [2.45, 2.75) is 18.9 Å². The number of amidine groups is 1. The quantitative estimate of drug-likeness (QED) is 0.856. The zero-order valence-electron chi connectivity index (χ0n) is 14.4. The van der Waals surface area contributed by atoms with Crippen molar-refractivity contribution < 1.29 is 22.7 Å². The normalized spacial score (nSPS) is 19.7. The minimum Gasteiger partial charge on any atom is -0.385 e. The number of carbonyl (C=O) groups excluding carboxylic acids is 1. The third kappa shape index (κ3) is 3.77. The number of ether oxygens (including phenoxy) is 1. The lowest BCUT2D eigenvalue weighted by atomic mass is 9.90. The molecule has 2 heterocycles. The van der Waals surface area contributed by atoms with Gasteiger partial charge >= 0.3 is 0 Å². The monoisotopic (exact) mass is 378 g/mol. The van der Waals surface area contributed by atoms with Crippen molar-refractivity contribution in [3.05, 3.63) is 59.2 Å². The van der Waals surface area contributed by atoms with E-state index in [1.807, 2.05) is 6.92 Å². The van der Waals surface area contributed by atoms with Crippen LogP contribution in [0, 0.1) is 12.7 Å². The van der Waals surface area contributed by atoms with E-state index in [4.69, 9.17) is 10.5 Å². The number of benzene rings is 1. The number of amides is 1. The molecular weight excluding hydrogens is 361 g/mol. The number of rotatable bonds is 4. The van der Waals surface area contributed by atoms with Crippen LogP contribution in [-0.4, -0.2) is 36.4 Å². The van der Waals surface area contributed by atoms with Crippen molar-refractivity contribution >= 4 is 17.4 Å². The fourth-order valence-electron chi connectivity index (χ4n) is 2.73. The largest absolute Gasteiger partial charge is 0.385 e. The van der Waals surface area contributed by atoms with Gasteiger partial charge in [-0.1, -0.05) is 6.07 Å². The number of alkyl halides is 2. The first kappa shape index (κ1) is 18.8. The second-order valence-corrected chi connectivity index (χ2v) is 6.19. The Bertz CT molecular complexity index is 887. The van der Waals surface area contributed by atoms with Gasteiger partial charge in [-0.2, -0.15) is 0 Å². The Morgan fingerprint density at radius 1 is 1.33 bits per heavy atom. The third-order valence-electron chi connectivity index (χ3n) is 4.11. The topological polar surface area (TPSA) is 89.6 Å². The van der Waals surface area contributed by atoms with Gasteiger partial charge in [0.1, 0.15) is 24.0 Å². The third-order valence-corrected chi connectivity index (χ3v) is 4.11. The first-order chi connectivity index (χ1) is 12.8. The van der Waals surface area contributed by atoms with Crippen LogP contribution in [0.5, 0.6) is 0 Å². The van der Waals surface area contributed by atoms with Crippen LogP contribution in [0.2, 0.25) is 0 Å². The van der Waals surface area contributed by atoms with Crippen LogP contribution in [0.25, 0.3) is 0 Å². The molecule has 0 aliphatic carbocycles. The molecule has 2 aromatic rings. The van der Waals surface area contributed by atoms with Crippen molar-refractivity contribution in [2.75, 3.05) is 18.5 Å². The highest BCUT2D eigenvalue weighted by Crippen LogP contribution is 2.37. The summed E-state index contributed by atoms with van der Waals surface area (Å²) in [7, 11) is 0. The van der Waals surface area contributed by atoms with E-state index in [9.17, 15) is 18.0 Å². The molecule has 0 fully saturated rings. The Labute approximate surface area is 153 Å². The van der Waals surface area contributed by atoms with E-state index in [1.54, 1.807) is 6.07 Å². The lowest BCUT2D eigenvalue weighted by molar-refractivity contribution is -0.0145. The van der Waals surface area contributed by atoms with Gasteiger partial charge < -0.3 is 15.8 Å². The Morgan fingerprint density at radius 2 is 2.11 bits per heavy atom. The van der Waals surface area contributed by atoms with E-state index in [0.29, 0.717) is 0 Å². The van der Waals surface area contributed by atoms with Gasteiger partial charge in [0.2, 0.25) is 0 Å². The zero-order valence-corrected chi connectivity index (χ0v) is 14.4. The molecule has 142 valence electrons. The molecule has 0 saturated carbocycles. The number of hydrogen-bond donors (Lipinski definition) is 2. The van der Waals surface area contributed by atoms with Crippen molar-refractivity contribution in [1.29, 1.82) is 0 Å². The Kier molecular flexibility index (Phi) is 5.13. The molecule has 6 nitrogen and oxygen atoms in total. The van der Waals surface area contributed by atoms with E-state index in [-0.39, 0.29) is 23.8 Å². The van der Waals surface area contributed by atoms with Crippen molar-refractivity contribution in [1.82, 2.24) is 4.98 Å². The number of halogens is 3. The Balaban J connectivity index is 1.95.